The molecule has 1 heterocycles. The number of nitrogens with zero attached hydrogens (tertiary/aromatic N) is 2. The molecule has 7 N–H and O–H groups in total. The maximum absolute atomic E-state index is 11.7. The van der Waals surface area contributed by atoms with Gasteiger partial charge >= 0.3 is 0 Å². The van der Waals surface area contributed by atoms with Crippen molar-refractivity contribution in [3.63, 3.8) is 0 Å². The topological polar surface area (TPSA) is 176 Å². The lowest BCUT2D eigenvalue weighted by Crippen LogP contribution is -2.46. The van der Waals surface area contributed by atoms with E-state index in [4.69, 9.17) is 10.2 Å². The van der Waals surface area contributed by atoms with Gasteiger partial charge in [0.2, 0.25) is 5.91 Å². The van der Waals surface area contributed by atoms with Gasteiger partial charge in [0, 0.05) is 19.0 Å². The van der Waals surface area contributed by atoms with Crippen LogP contribution in [0.5, 0.6) is 0 Å². The van der Waals surface area contributed by atoms with Gasteiger partial charge in [-0.2, -0.15) is 0 Å². The van der Waals surface area contributed by atoms with Gasteiger partial charge in [-0.05, 0) is 6.42 Å². The van der Waals surface area contributed by atoms with Crippen LogP contribution < -0.4 is 5.32 Å². The number of carbonyl (C=O) groups excluding carboxylic acids is 1. The Kier molecular flexibility index (Phi) is 9.55. The van der Waals surface area contributed by atoms with Crippen molar-refractivity contribution in [2.45, 2.75) is 56.6 Å². The van der Waals surface area contributed by atoms with E-state index >= 15 is 0 Å². The molecule has 0 spiro atoms. The molecule has 0 fully saturated rings. The number of carbonyl (C=O) groups is 1. The van der Waals surface area contributed by atoms with Crippen molar-refractivity contribution < 1.29 is 35.4 Å². The highest BCUT2D eigenvalue weighted by Crippen LogP contribution is 2.16. The SMILES string of the molecule is CCCC(=O)N[C@@H](Cc1cnc([C@@H](O)[C@H](O)[C@H](O)CO)cn1)[C@H](O)CO. The van der Waals surface area contributed by atoms with E-state index in [9.17, 15) is 25.2 Å². The molecule has 1 rings (SSSR count). The molecule has 1 aromatic heterocycles. The number of nitrogens with one attached hydrogen (secondary N) is 1. The van der Waals surface area contributed by atoms with Crippen molar-refractivity contribution in [1.29, 1.82) is 0 Å². The van der Waals surface area contributed by atoms with Crippen LogP contribution in [0, 0.1) is 0 Å². The Morgan fingerprint density at radius 1 is 1.08 bits per heavy atom. The summed E-state index contributed by atoms with van der Waals surface area (Å²) < 4.78 is 0. The first kappa shape index (κ1) is 22.4. The summed E-state index contributed by atoms with van der Waals surface area (Å²) in [5.74, 6) is -0.258. The Labute approximate surface area is 151 Å². The Morgan fingerprint density at radius 2 is 1.73 bits per heavy atom. The molecular formula is C16H27N3O7. The number of hydrogen-bond donors (Lipinski definition) is 7. The van der Waals surface area contributed by atoms with Gasteiger partial charge in [-0.3, -0.25) is 14.8 Å². The smallest absolute Gasteiger partial charge is 0.220 e. The molecule has 1 aromatic rings. The van der Waals surface area contributed by atoms with Gasteiger partial charge in [0.25, 0.3) is 0 Å². The quantitative estimate of drug-likeness (QED) is 0.219. The van der Waals surface area contributed by atoms with E-state index in [0.29, 0.717) is 12.1 Å². The third-order valence-electron chi connectivity index (χ3n) is 3.84. The fraction of sp³-hybridized carbons (Fsp3) is 0.688. The standard InChI is InChI=1S/C16H27N3O7/c1-2-3-14(24)19-10(12(22)7-20)4-9-5-18-11(6-17-9)15(25)16(26)13(23)8-21/h5-6,10,12-13,15-16,20-23,25-26H,2-4,7-8H2,1H3,(H,19,24)/t10-,12+,13+,15+,16+/m0/s1. The van der Waals surface area contributed by atoms with Crippen LogP contribution in [0.15, 0.2) is 12.4 Å². The number of aliphatic hydroxyl groups is 6. The third-order valence-corrected chi connectivity index (χ3v) is 3.84. The van der Waals surface area contributed by atoms with Crippen molar-refractivity contribution in [2.75, 3.05) is 13.2 Å². The summed E-state index contributed by atoms with van der Waals surface area (Å²) in [6, 6.07) is -0.758. The first-order valence-electron chi connectivity index (χ1n) is 8.38. The predicted octanol–water partition coefficient (Wildman–Crippen LogP) is -2.60. The molecule has 0 bridgehead atoms. The minimum absolute atomic E-state index is 0.0111. The summed E-state index contributed by atoms with van der Waals surface area (Å²) in [5, 5.41) is 59.4. The number of amides is 1. The summed E-state index contributed by atoms with van der Waals surface area (Å²) in [6.07, 6.45) is -2.36. The Balaban J connectivity index is 2.80. The van der Waals surface area contributed by atoms with E-state index < -0.39 is 43.7 Å². The van der Waals surface area contributed by atoms with Crippen molar-refractivity contribution in [3.05, 3.63) is 23.8 Å². The average Bonchev–Trinajstić information content (AvgIpc) is 2.65. The summed E-state index contributed by atoms with van der Waals surface area (Å²) in [6.45, 7) is 0.586. The van der Waals surface area contributed by atoms with E-state index in [1.54, 1.807) is 0 Å². The van der Waals surface area contributed by atoms with Crippen molar-refractivity contribution in [3.8, 4) is 0 Å². The Bertz CT molecular complexity index is 543. The molecule has 10 nitrogen and oxygen atoms in total. The van der Waals surface area contributed by atoms with E-state index in [-0.39, 0.29) is 24.4 Å². The zero-order chi connectivity index (χ0) is 19.7. The maximum Gasteiger partial charge on any atom is 0.220 e. The molecule has 0 aliphatic rings. The second-order valence-corrected chi connectivity index (χ2v) is 6.00. The molecule has 26 heavy (non-hydrogen) atoms. The van der Waals surface area contributed by atoms with Crippen LogP contribution in [0.4, 0.5) is 0 Å². The second-order valence-electron chi connectivity index (χ2n) is 6.00. The molecule has 0 unspecified atom stereocenters. The Morgan fingerprint density at radius 3 is 2.23 bits per heavy atom. The summed E-state index contributed by atoms with van der Waals surface area (Å²) in [4.78, 5) is 19.7. The lowest BCUT2D eigenvalue weighted by Gasteiger charge is -2.23. The van der Waals surface area contributed by atoms with Gasteiger partial charge in [0.15, 0.2) is 0 Å². The molecule has 0 aliphatic heterocycles. The number of aliphatic hydroxyl groups excluding tert-OH is 6. The molecular weight excluding hydrogens is 346 g/mol. The third kappa shape index (κ3) is 6.56. The fourth-order valence-corrected chi connectivity index (χ4v) is 2.26. The summed E-state index contributed by atoms with van der Waals surface area (Å²) >= 11 is 0. The van der Waals surface area contributed by atoms with Crippen molar-refractivity contribution in [1.82, 2.24) is 15.3 Å². The number of rotatable bonds is 11. The zero-order valence-corrected chi connectivity index (χ0v) is 14.6. The van der Waals surface area contributed by atoms with E-state index in [1.165, 1.54) is 12.4 Å². The van der Waals surface area contributed by atoms with Gasteiger partial charge in [0.1, 0.15) is 18.3 Å². The monoisotopic (exact) mass is 373 g/mol. The van der Waals surface area contributed by atoms with Crippen LogP contribution >= 0.6 is 0 Å². The molecule has 148 valence electrons. The molecule has 0 aromatic carbocycles. The normalized spacial score (nSPS) is 17.2. The van der Waals surface area contributed by atoms with Gasteiger partial charge in [0.05, 0.1) is 42.9 Å². The molecule has 5 atom stereocenters. The first-order chi connectivity index (χ1) is 12.3. The fourth-order valence-electron chi connectivity index (χ4n) is 2.26. The average molecular weight is 373 g/mol. The van der Waals surface area contributed by atoms with E-state index in [0.717, 1.165) is 0 Å². The van der Waals surface area contributed by atoms with Crippen LogP contribution in [0.1, 0.15) is 37.3 Å². The molecule has 10 heteroatoms. The Hall–Kier alpha value is -1.69. The number of hydrogen-bond acceptors (Lipinski definition) is 9. The van der Waals surface area contributed by atoms with Crippen molar-refractivity contribution >= 4 is 5.91 Å². The molecule has 1 amide bonds. The largest absolute Gasteiger partial charge is 0.394 e. The number of aromatic nitrogens is 2. The zero-order valence-electron chi connectivity index (χ0n) is 14.6. The van der Waals surface area contributed by atoms with Crippen LogP contribution in [-0.4, -0.2) is 84.1 Å². The highest BCUT2D eigenvalue weighted by molar-refractivity contribution is 5.76. The summed E-state index contributed by atoms with van der Waals surface area (Å²) in [5.41, 5.74) is 0.371. The van der Waals surface area contributed by atoms with Gasteiger partial charge in [-0.1, -0.05) is 6.92 Å². The lowest BCUT2D eigenvalue weighted by molar-refractivity contribution is -0.122. The summed E-state index contributed by atoms with van der Waals surface area (Å²) in [7, 11) is 0. The predicted molar refractivity (Wildman–Crippen MR) is 89.7 cm³/mol. The van der Waals surface area contributed by atoms with Crippen LogP contribution in [0.2, 0.25) is 0 Å². The molecule has 0 saturated carbocycles. The molecule has 0 saturated heterocycles. The molecule has 0 aliphatic carbocycles. The second kappa shape index (κ2) is 11.1. The van der Waals surface area contributed by atoms with Crippen LogP contribution in [0.3, 0.4) is 0 Å². The minimum atomic E-state index is -1.63. The van der Waals surface area contributed by atoms with Gasteiger partial charge in [-0.15, -0.1) is 0 Å². The van der Waals surface area contributed by atoms with Gasteiger partial charge < -0.3 is 36.0 Å². The van der Waals surface area contributed by atoms with E-state index in [1.807, 2.05) is 6.92 Å². The highest BCUT2D eigenvalue weighted by Gasteiger charge is 2.27. The first-order valence-corrected chi connectivity index (χ1v) is 8.38. The van der Waals surface area contributed by atoms with Crippen LogP contribution in [0.25, 0.3) is 0 Å². The lowest BCUT2D eigenvalue weighted by atomic mass is 10.0. The van der Waals surface area contributed by atoms with Crippen LogP contribution in [-0.2, 0) is 11.2 Å². The maximum atomic E-state index is 11.7. The van der Waals surface area contributed by atoms with E-state index in [2.05, 4.69) is 15.3 Å². The highest BCUT2D eigenvalue weighted by atomic mass is 16.4. The van der Waals surface area contributed by atoms with Crippen molar-refractivity contribution in [2.24, 2.45) is 0 Å². The molecule has 0 radical (unpaired) electrons. The van der Waals surface area contributed by atoms with Gasteiger partial charge in [-0.25, -0.2) is 0 Å². The minimum Gasteiger partial charge on any atom is -0.394 e.